The summed E-state index contributed by atoms with van der Waals surface area (Å²) in [6, 6.07) is 2.76. The van der Waals surface area contributed by atoms with E-state index in [1.165, 1.54) is 18.4 Å². The van der Waals surface area contributed by atoms with Crippen LogP contribution in [0.15, 0.2) is 18.5 Å². The lowest BCUT2D eigenvalue weighted by Gasteiger charge is -1.99. The molecule has 1 N–H and O–H groups in total. The van der Waals surface area contributed by atoms with Crippen molar-refractivity contribution in [1.82, 2.24) is 15.5 Å². The molecular weight excluding hydrogens is 138 g/mol. The number of nitrogens with zero attached hydrogens (tertiary/aromatic N) is 2. The molecule has 1 aliphatic rings. The van der Waals surface area contributed by atoms with E-state index in [1.54, 1.807) is 12.4 Å². The van der Waals surface area contributed by atoms with Crippen molar-refractivity contribution in [2.75, 3.05) is 0 Å². The molecule has 0 aliphatic heterocycles. The van der Waals surface area contributed by atoms with E-state index >= 15 is 0 Å². The first kappa shape index (κ1) is 6.73. The van der Waals surface area contributed by atoms with Crippen LogP contribution >= 0.6 is 0 Å². The van der Waals surface area contributed by atoms with E-state index in [0.717, 1.165) is 12.6 Å². The molecule has 1 aliphatic carbocycles. The maximum absolute atomic E-state index is 3.79. The average Bonchev–Trinajstić information content (AvgIpc) is 2.86. The van der Waals surface area contributed by atoms with Gasteiger partial charge in [0.1, 0.15) is 0 Å². The van der Waals surface area contributed by atoms with Crippen LogP contribution in [0.25, 0.3) is 0 Å². The summed E-state index contributed by atoms with van der Waals surface area (Å²) in [6.45, 7) is 0.931. The summed E-state index contributed by atoms with van der Waals surface area (Å²) in [5, 5.41) is 10.9. The number of nitrogens with one attached hydrogen (secondary N) is 1. The van der Waals surface area contributed by atoms with Crippen LogP contribution in [0, 0.1) is 0 Å². The normalized spacial score (nSPS) is 16.7. The average molecular weight is 149 g/mol. The maximum atomic E-state index is 3.79. The first-order valence-corrected chi connectivity index (χ1v) is 3.94. The summed E-state index contributed by atoms with van der Waals surface area (Å²) in [4.78, 5) is 0. The SMILES string of the molecule is c1cc(CNC2CC2)cnn1. The fraction of sp³-hybridized carbons (Fsp3) is 0.500. The number of aromatic nitrogens is 2. The van der Waals surface area contributed by atoms with Crippen molar-refractivity contribution in [2.24, 2.45) is 0 Å². The predicted molar refractivity (Wildman–Crippen MR) is 41.9 cm³/mol. The molecule has 2 rings (SSSR count). The van der Waals surface area contributed by atoms with Crippen molar-refractivity contribution < 1.29 is 0 Å². The molecule has 3 heteroatoms. The van der Waals surface area contributed by atoms with E-state index in [1.807, 2.05) is 6.07 Å². The van der Waals surface area contributed by atoms with Crippen LogP contribution in [0.4, 0.5) is 0 Å². The highest BCUT2D eigenvalue weighted by atomic mass is 15.1. The Hall–Kier alpha value is -0.960. The van der Waals surface area contributed by atoms with Crippen LogP contribution in [0.3, 0.4) is 0 Å². The van der Waals surface area contributed by atoms with Gasteiger partial charge < -0.3 is 5.32 Å². The third kappa shape index (κ3) is 1.98. The summed E-state index contributed by atoms with van der Waals surface area (Å²) in [5.41, 5.74) is 1.21. The van der Waals surface area contributed by atoms with Crippen molar-refractivity contribution in [3.05, 3.63) is 24.0 Å². The molecule has 0 atom stereocenters. The zero-order valence-electron chi connectivity index (χ0n) is 6.33. The molecule has 58 valence electrons. The van der Waals surface area contributed by atoms with E-state index in [4.69, 9.17) is 0 Å². The van der Waals surface area contributed by atoms with Crippen LogP contribution in [-0.4, -0.2) is 16.2 Å². The number of rotatable bonds is 3. The van der Waals surface area contributed by atoms with Gasteiger partial charge in [0.15, 0.2) is 0 Å². The molecule has 0 unspecified atom stereocenters. The molecule has 1 aromatic heterocycles. The molecule has 0 spiro atoms. The van der Waals surface area contributed by atoms with Crippen LogP contribution in [0.1, 0.15) is 18.4 Å². The Morgan fingerprint density at radius 2 is 2.36 bits per heavy atom. The molecule has 1 saturated carbocycles. The summed E-state index contributed by atoms with van der Waals surface area (Å²) in [7, 11) is 0. The molecular formula is C8H11N3. The lowest BCUT2D eigenvalue weighted by atomic mass is 10.3. The second kappa shape index (κ2) is 2.96. The van der Waals surface area contributed by atoms with Gasteiger partial charge in [-0.3, -0.25) is 0 Å². The second-order valence-corrected chi connectivity index (χ2v) is 2.91. The lowest BCUT2D eigenvalue weighted by molar-refractivity contribution is 0.683. The Morgan fingerprint density at radius 1 is 1.45 bits per heavy atom. The van der Waals surface area contributed by atoms with Crippen LogP contribution in [-0.2, 0) is 6.54 Å². The van der Waals surface area contributed by atoms with Gasteiger partial charge in [0.25, 0.3) is 0 Å². The predicted octanol–water partition coefficient (Wildman–Crippen LogP) is 0.729. The Kier molecular flexibility index (Phi) is 1.81. The van der Waals surface area contributed by atoms with Crippen molar-refractivity contribution in [2.45, 2.75) is 25.4 Å². The molecule has 11 heavy (non-hydrogen) atoms. The molecule has 0 amide bonds. The Bertz CT molecular complexity index is 218. The molecule has 3 nitrogen and oxygen atoms in total. The summed E-state index contributed by atoms with van der Waals surface area (Å²) >= 11 is 0. The Morgan fingerprint density at radius 3 is 3.00 bits per heavy atom. The van der Waals surface area contributed by atoms with Gasteiger partial charge in [-0.1, -0.05) is 0 Å². The van der Waals surface area contributed by atoms with Gasteiger partial charge in [0.2, 0.25) is 0 Å². The first-order chi connectivity index (χ1) is 5.45. The first-order valence-electron chi connectivity index (χ1n) is 3.94. The highest BCUT2D eigenvalue weighted by Crippen LogP contribution is 2.18. The summed E-state index contributed by atoms with van der Waals surface area (Å²) < 4.78 is 0. The van der Waals surface area contributed by atoms with E-state index in [0.29, 0.717) is 0 Å². The number of hydrogen-bond donors (Lipinski definition) is 1. The smallest absolute Gasteiger partial charge is 0.0541 e. The van der Waals surface area contributed by atoms with Gasteiger partial charge >= 0.3 is 0 Å². The minimum atomic E-state index is 0.767. The molecule has 1 heterocycles. The highest BCUT2D eigenvalue weighted by molar-refractivity contribution is 5.05. The van der Waals surface area contributed by atoms with Gasteiger partial charge in [0, 0.05) is 18.8 Å². The monoisotopic (exact) mass is 149 g/mol. The lowest BCUT2D eigenvalue weighted by Crippen LogP contribution is -2.15. The van der Waals surface area contributed by atoms with E-state index in [-0.39, 0.29) is 0 Å². The molecule has 1 aromatic rings. The zero-order chi connectivity index (χ0) is 7.52. The van der Waals surface area contributed by atoms with E-state index in [2.05, 4.69) is 15.5 Å². The fourth-order valence-corrected chi connectivity index (χ4v) is 0.972. The van der Waals surface area contributed by atoms with Gasteiger partial charge in [0.05, 0.1) is 6.20 Å². The van der Waals surface area contributed by atoms with Gasteiger partial charge in [-0.05, 0) is 24.5 Å². The van der Waals surface area contributed by atoms with Crippen molar-refractivity contribution in [3.63, 3.8) is 0 Å². The maximum Gasteiger partial charge on any atom is 0.0541 e. The fourth-order valence-electron chi connectivity index (χ4n) is 0.972. The summed E-state index contributed by atoms with van der Waals surface area (Å²) in [5.74, 6) is 0. The minimum Gasteiger partial charge on any atom is -0.310 e. The quantitative estimate of drug-likeness (QED) is 0.688. The second-order valence-electron chi connectivity index (χ2n) is 2.91. The van der Waals surface area contributed by atoms with E-state index in [9.17, 15) is 0 Å². The van der Waals surface area contributed by atoms with Crippen LogP contribution < -0.4 is 5.32 Å². The van der Waals surface area contributed by atoms with Crippen molar-refractivity contribution in [3.8, 4) is 0 Å². The zero-order valence-corrected chi connectivity index (χ0v) is 6.33. The molecule has 0 saturated heterocycles. The molecule has 1 fully saturated rings. The standard InChI is InChI=1S/C8H11N3/c1-2-8(1)9-5-7-3-4-10-11-6-7/h3-4,6,8-9H,1-2,5H2. The molecule has 0 aromatic carbocycles. The third-order valence-electron chi connectivity index (χ3n) is 1.82. The van der Waals surface area contributed by atoms with Crippen LogP contribution in [0.5, 0.6) is 0 Å². The number of hydrogen-bond acceptors (Lipinski definition) is 3. The summed E-state index contributed by atoms with van der Waals surface area (Å²) in [6.07, 6.45) is 6.19. The van der Waals surface area contributed by atoms with Crippen molar-refractivity contribution >= 4 is 0 Å². The van der Waals surface area contributed by atoms with Gasteiger partial charge in [-0.2, -0.15) is 10.2 Å². The molecule has 0 bridgehead atoms. The van der Waals surface area contributed by atoms with Crippen molar-refractivity contribution in [1.29, 1.82) is 0 Å². The van der Waals surface area contributed by atoms with Gasteiger partial charge in [-0.25, -0.2) is 0 Å². The third-order valence-corrected chi connectivity index (χ3v) is 1.82. The van der Waals surface area contributed by atoms with Crippen LogP contribution in [0.2, 0.25) is 0 Å². The highest BCUT2D eigenvalue weighted by Gasteiger charge is 2.19. The van der Waals surface area contributed by atoms with E-state index < -0.39 is 0 Å². The Balaban J connectivity index is 1.85. The Labute approximate surface area is 65.8 Å². The molecule has 0 radical (unpaired) electrons. The topological polar surface area (TPSA) is 37.8 Å². The minimum absolute atomic E-state index is 0.767. The van der Waals surface area contributed by atoms with Gasteiger partial charge in [-0.15, -0.1) is 0 Å². The largest absolute Gasteiger partial charge is 0.310 e.